The third-order valence-electron chi connectivity index (χ3n) is 4.89. The second-order valence-corrected chi connectivity index (χ2v) is 10.1. The number of rotatable bonds is 2. The highest BCUT2D eigenvalue weighted by Crippen LogP contribution is 2.27. The average molecular weight is 353 g/mol. The molecule has 0 nitrogen and oxygen atoms in total. The first-order chi connectivity index (χ1) is 11.8. The molecule has 2 aromatic carbocycles. The second-order valence-electron chi connectivity index (χ2n) is 10.1. The molecule has 0 N–H and O–H groups in total. The topological polar surface area (TPSA) is 0 Å². The molecule has 0 unspecified atom stereocenters. The summed E-state index contributed by atoms with van der Waals surface area (Å²) in [4.78, 5) is 0. The van der Waals surface area contributed by atoms with Gasteiger partial charge in [0.2, 0.25) is 0 Å². The molecule has 2 rings (SSSR count). The van der Waals surface area contributed by atoms with E-state index in [1.54, 1.807) is 0 Å². The van der Waals surface area contributed by atoms with Crippen LogP contribution in [0.1, 0.15) is 103 Å². The number of benzene rings is 2. The molecule has 0 atom stereocenters. The van der Waals surface area contributed by atoms with Crippen molar-refractivity contribution in [2.75, 3.05) is 0 Å². The van der Waals surface area contributed by atoms with Gasteiger partial charge in [-0.05, 0) is 44.9 Å². The summed E-state index contributed by atoms with van der Waals surface area (Å²) in [5.74, 6) is 1.29. The van der Waals surface area contributed by atoms with Crippen LogP contribution in [0, 0.1) is 0 Å². The molecule has 144 valence electrons. The molecule has 0 fully saturated rings. The molecule has 0 aliphatic heterocycles. The maximum Gasteiger partial charge on any atom is -0.0132 e. The molecule has 0 aliphatic carbocycles. The molecule has 2 aromatic rings. The third-order valence-corrected chi connectivity index (χ3v) is 4.89. The predicted molar refractivity (Wildman–Crippen MR) is 118 cm³/mol. The van der Waals surface area contributed by atoms with Crippen LogP contribution in [-0.4, -0.2) is 0 Å². The summed E-state index contributed by atoms with van der Waals surface area (Å²) < 4.78 is 0. The zero-order valence-electron chi connectivity index (χ0n) is 18.8. The van der Waals surface area contributed by atoms with E-state index in [-0.39, 0.29) is 10.8 Å². The fourth-order valence-corrected chi connectivity index (χ4v) is 2.74. The van der Waals surface area contributed by atoms with Crippen LogP contribution in [0.5, 0.6) is 0 Å². The summed E-state index contributed by atoms with van der Waals surface area (Å²) in [6.45, 7) is 22.4. The molecule has 0 radical (unpaired) electrons. The van der Waals surface area contributed by atoms with E-state index in [0.29, 0.717) is 11.8 Å². The minimum Gasteiger partial charge on any atom is -0.0587 e. The summed E-state index contributed by atoms with van der Waals surface area (Å²) >= 11 is 0. The zero-order valence-corrected chi connectivity index (χ0v) is 18.8. The SMILES string of the molecule is CC(C)(C)c1ccc(C(C)(C)C)cc1.CC(C)c1ccc(C(C)C)cc1. The minimum absolute atomic E-state index is 0.260. The summed E-state index contributed by atoms with van der Waals surface area (Å²) in [7, 11) is 0. The molecule has 0 spiro atoms. The van der Waals surface area contributed by atoms with E-state index in [9.17, 15) is 0 Å². The summed E-state index contributed by atoms with van der Waals surface area (Å²) in [5.41, 5.74) is 6.20. The van der Waals surface area contributed by atoms with Crippen molar-refractivity contribution in [3.63, 3.8) is 0 Å². The van der Waals surface area contributed by atoms with E-state index in [1.165, 1.54) is 22.3 Å². The molecule has 0 heterocycles. The van der Waals surface area contributed by atoms with E-state index in [2.05, 4.69) is 118 Å². The second kappa shape index (κ2) is 8.89. The average Bonchev–Trinajstić information content (AvgIpc) is 2.54. The summed E-state index contributed by atoms with van der Waals surface area (Å²) in [6.07, 6.45) is 0. The fraction of sp³-hybridized carbons (Fsp3) is 0.538. The number of hydrogen-bond donors (Lipinski definition) is 0. The molecule has 0 saturated carbocycles. The first kappa shape index (κ1) is 22.5. The molecule has 0 bridgehead atoms. The Morgan fingerprint density at radius 2 is 0.692 bits per heavy atom. The van der Waals surface area contributed by atoms with Crippen molar-refractivity contribution >= 4 is 0 Å². The van der Waals surface area contributed by atoms with Gasteiger partial charge in [-0.2, -0.15) is 0 Å². The molecule has 0 heteroatoms. The lowest BCUT2D eigenvalue weighted by molar-refractivity contribution is 0.577. The highest BCUT2D eigenvalue weighted by Gasteiger charge is 2.16. The Kier molecular flexibility index (Phi) is 7.69. The van der Waals surface area contributed by atoms with Crippen LogP contribution in [0.25, 0.3) is 0 Å². The molecule has 26 heavy (non-hydrogen) atoms. The Morgan fingerprint density at radius 1 is 0.462 bits per heavy atom. The number of hydrogen-bond acceptors (Lipinski definition) is 0. The first-order valence-corrected chi connectivity index (χ1v) is 10.0. The van der Waals surface area contributed by atoms with E-state index < -0.39 is 0 Å². The monoisotopic (exact) mass is 352 g/mol. The molecule has 0 aliphatic rings. The van der Waals surface area contributed by atoms with E-state index in [0.717, 1.165) is 0 Å². The third kappa shape index (κ3) is 6.98. The molecule has 0 saturated heterocycles. The lowest BCUT2D eigenvalue weighted by atomic mass is 9.82. The van der Waals surface area contributed by atoms with Crippen LogP contribution >= 0.6 is 0 Å². The molecular formula is C26H40. The Labute approximate surface area is 163 Å². The van der Waals surface area contributed by atoms with Crippen molar-refractivity contribution in [2.45, 2.75) is 91.9 Å². The van der Waals surface area contributed by atoms with Crippen molar-refractivity contribution in [1.82, 2.24) is 0 Å². The molecular weight excluding hydrogens is 312 g/mol. The van der Waals surface area contributed by atoms with E-state index in [1.807, 2.05) is 0 Å². The van der Waals surface area contributed by atoms with Gasteiger partial charge in [0.1, 0.15) is 0 Å². The summed E-state index contributed by atoms with van der Waals surface area (Å²) in [6, 6.07) is 17.9. The van der Waals surface area contributed by atoms with Crippen molar-refractivity contribution in [1.29, 1.82) is 0 Å². The van der Waals surface area contributed by atoms with Crippen molar-refractivity contribution in [2.24, 2.45) is 0 Å². The molecule has 0 aromatic heterocycles. The van der Waals surface area contributed by atoms with Gasteiger partial charge in [0.25, 0.3) is 0 Å². The van der Waals surface area contributed by atoms with Gasteiger partial charge in [0.05, 0.1) is 0 Å². The lowest BCUT2D eigenvalue weighted by Gasteiger charge is -2.23. The van der Waals surface area contributed by atoms with Crippen LogP contribution in [0.2, 0.25) is 0 Å². The van der Waals surface area contributed by atoms with Gasteiger partial charge in [-0.3, -0.25) is 0 Å². The normalized spacial score (nSPS) is 12.2. The van der Waals surface area contributed by atoms with Crippen molar-refractivity contribution < 1.29 is 0 Å². The largest absolute Gasteiger partial charge is 0.0587 e. The maximum absolute atomic E-state index is 2.25. The van der Waals surface area contributed by atoms with Crippen LogP contribution in [0.4, 0.5) is 0 Å². The molecule has 0 amide bonds. The Bertz CT molecular complexity index is 581. The fourth-order valence-electron chi connectivity index (χ4n) is 2.74. The Morgan fingerprint density at radius 3 is 0.846 bits per heavy atom. The Hall–Kier alpha value is -1.56. The highest BCUT2D eigenvalue weighted by molar-refractivity contribution is 5.31. The maximum atomic E-state index is 2.25. The minimum atomic E-state index is 0.260. The van der Waals surface area contributed by atoms with E-state index in [4.69, 9.17) is 0 Å². The van der Waals surface area contributed by atoms with Crippen molar-refractivity contribution in [3.05, 3.63) is 70.8 Å². The first-order valence-electron chi connectivity index (χ1n) is 10.0. The zero-order chi connectivity index (χ0) is 20.1. The smallest absolute Gasteiger partial charge is 0.0132 e. The van der Waals surface area contributed by atoms with Crippen molar-refractivity contribution in [3.8, 4) is 0 Å². The van der Waals surface area contributed by atoms with Gasteiger partial charge in [0, 0.05) is 0 Å². The predicted octanol–water partition coefficient (Wildman–Crippen LogP) is 8.22. The quantitative estimate of drug-likeness (QED) is 0.510. The lowest BCUT2D eigenvalue weighted by Crippen LogP contribution is -2.14. The van der Waals surface area contributed by atoms with E-state index >= 15 is 0 Å². The summed E-state index contributed by atoms with van der Waals surface area (Å²) in [5, 5.41) is 0. The van der Waals surface area contributed by atoms with Gasteiger partial charge < -0.3 is 0 Å². The van der Waals surface area contributed by atoms with Crippen LogP contribution in [-0.2, 0) is 10.8 Å². The van der Waals surface area contributed by atoms with Gasteiger partial charge in [-0.1, -0.05) is 118 Å². The van der Waals surface area contributed by atoms with Gasteiger partial charge in [0.15, 0.2) is 0 Å². The highest BCUT2D eigenvalue weighted by atomic mass is 14.2. The van der Waals surface area contributed by atoms with Gasteiger partial charge in [-0.25, -0.2) is 0 Å². The Balaban J connectivity index is 0.000000263. The van der Waals surface area contributed by atoms with Gasteiger partial charge in [-0.15, -0.1) is 0 Å². The van der Waals surface area contributed by atoms with Crippen LogP contribution in [0.3, 0.4) is 0 Å². The van der Waals surface area contributed by atoms with Crippen LogP contribution < -0.4 is 0 Å². The van der Waals surface area contributed by atoms with Gasteiger partial charge >= 0.3 is 0 Å². The standard InChI is InChI=1S/C14H22.C12H18/c1-13(2,3)11-7-9-12(10-8-11)14(4,5)6;1-9(2)11-5-7-12(8-6-11)10(3)4/h7-10H,1-6H3;5-10H,1-4H3. The van der Waals surface area contributed by atoms with Crippen LogP contribution in [0.15, 0.2) is 48.5 Å².